The first-order valence-electron chi connectivity index (χ1n) is 8.68. The molecule has 2 aromatic carbocycles. The number of nitrogens with zero attached hydrogens (tertiary/aromatic N) is 1. The van der Waals surface area contributed by atoms with Crippen molar-refractivity contribution in [3.05, 3.63) is 58.6 Å². The lowest BCUT2D eigenvalue weighted by atomic mass is 10.0. The summed E-state index contributed by atoms with van der Waals surface area (Å²) in [5.41, 5.74) is 2.73. The van der Waals surface area contributed by atoms with Crippen molar-refractivity contribution in [1.29, 1.82) is 0 Å². The second-order valence-electron chi connectivity index (χ2n) is 6.39. The number of nitrogens with one attached hydrogen (secondary N) is 1. The summed E-state index contributed by atoms with van der Waals surface area (Å²) in [6, 6.07) is 11.4. The lowest BCUT2D eigenvalue weighted by Gasteiger charge is -2.31. The molecular formula is C20H22Cl2N2O3. The lowest BCUT2D eigenvalue weighted by molar-refractivity contribution is -0.108. The number of carbonyl (C=O) groups excluding carboxylic acids is 1. The number of aldehydes is 1. The van der Waals surface area contributed by atoms with Gasteiger partial charge < -0.3 is 20.1 Å². The Morgan fingerprint density at radius 2 is 1.78 bits per heavy atom. The van der Waals surface area contributed by atoms with E-state index in [1.807, 2.05) is 18.2 Å². The molecule has 0 aromatic heterocycles. The average molecular weight is 409 g/mol. The molecule has 2 aromatic rings. The minimum Gasteiger partial charge on any atom is -0.478 e. The van der Waals surface area contributed by atoms with E-state index in [4.69, 9.17) is 16.7 Å². The van der Waals surface area contributed by atoms with Gasteiger partial charge in [-0.3, -0.25) is 0 Å². The van der Waals surface area contributed by atoms with Gasteiger partial charge >= 0.3 is 5.97 Å². The van der Waals surface area contributed by atoms with Crippen LogP contribution in [0.3, 0.4) is 0 Å². The summed E-state index contributed by atoms with van der Waals surface area (Å²) >= 11 is 6.17. The molecule has 1 aliphatic heterocycles. The summed E-state index contributed by atoms with van der Waals surface area (Å²) in [4.78, 5) is 25.0. The molecule has 7 heteroatoms. The molecule has 1 unspecified atom stereocenters. The molecule has 0 bridgehead atoms. The zero-order chi connectivity index (χ0) is 18.5. The first kappa shape index (κ1) is 21.1. The molecule has 1 saturated heterocycles. The molecular weight excluding hydrogens is 387 g/mol. The van der Waals surface area contributed by atoms with Crippen LogP contribution in [0.4, 0.5) is 11.4 Å². The molecule has 5 nitrogen and oxygen atoms in total. The van der Waals surface area contributed by atoms with Crippen molar-refractivity contribution < 1.29 is 14.7 Å². The Kier molecular flexibility index (Phi) is 7.51. The maximum atomic E-state index is 11.7. The van der Waals surface area contributed by atoms with E-state index in [9.17, 15) is 9.59 Å². The van der Waals surface area contributed by atoms with Crippen LogP contribution >= 0.6 is 24.0 Å². The third-order valence-electron chi connectivity index (χ3n) is 4.62. The molecule has 1 fully saturated rings. The molecule has 0 aliphatic carbocycles. The number of carboxylic acid groups (broad SMARTS) is 1. The molecule has 0 amide bonds. The minimum absolute atomic E-state index is 0. The predicted octanol–water partition coefficient (Wildman–Crippen LogP) is 4.80. The van der Waals surface area contributed by atoms with Crippen LogP contribution in [-0.4, -0.2) is 30.5 Å². The van der Waals surface area contributed by atoms with Crippen molar-refractivity contribution >= 4 is 47.6 Å². The molecule has 1 atom stereocenters. The van der Waals surface area contributed by atoms with E-state index in [0.29, 0.717) is 10.6 Å². The number of piperidine rings is 1. The van der Waals surface area contributed by atoms with Crippen LogP contribution in [0.5, 0.6) is 0 Å². The molecule has 144 valence electrons. The molecule has 0 spiro atoms. The quantitative estimate of drug-likeness (QED) is 0.671. The highest BCUT2D eigenvalue weighted by molar-refractivity contribution is 6.31. The Balaban J connectivity index is 0.00000261. The highest BCUT2D eigenvalue weighted by atomic mass is 35.5. The van der Waals surface area contributed by atoms with Gasteiger partial charge in [0.25, 0.3) is 0 Å². The van der Waals surface area contributed by atoms with Crippen molar-refractivity contribution in [3.8, 4) is 0 Å². The van der Waals surface area contributed by atoms with Crippen molar-refractivity contribution in [2.45, 2.75) is 25.3 Å². The fourth-order valence-electron chi connectivity index (χ4n) is 3.23. The Bertz CT molecular complexity index is 790. The predicted molar refractivity (Wildman–Crippen MR) is 111 cm³/mol. The van der Waals surface area contributed by atoms with Crippen LogP contribution in [0, 0.1) is 0 Å². The fraction of sp³-hybridized carbons (Fsp3) is 0.300. The van der Waals surface area contributed by atoms with Crippen molar-refractivity contribution in [1.82, 2.24) is 0 Å². The number of carbonyl (C=O) groups is 2. The summed E-state index contributed by atoms with van der Waals surface area (Å²) < 4.78 is 0. The summed E-state index contributed by atoms with van der Waals surface area (Å²) in [7, 11) is 0. The van der Waals surface area contributed by atoms with Gasteiger partial charge in [-0.05, 0) is 55.2 Å². The normalized spacial score (nSPS) is 14.8. The van der Waals surface area contributed by atoms with E-state index in [2.05, 4.69) is 10.2 Å². The lowest BCUT2D eigenvalue weighted by Crippen LogP contribution is -2.30. The zero-order valence-electron chi connectivity index (χ0n) is 14.7. The van der Waals surface area contributed by atoms with E-state index >= 15 is 0 Å². The SMILES string of the molecule is Cl.O=CC(Nc1cc(Cl)ccc1N1CCCCC1)c1ccc(C(=O)O)cc1. The van der Waals surface area contributed by atoms with Gasteiger partial charge in [-0.25, -0.2) is 4.79 Å². The number of anilines is 2. The molecule has 2 N–H and O–H groups in total. The van der Waals surface area contributed by atoms with E-state index < -0.39 is 12.0 Å². The average Bonchev–Trinajstić information content (AvgIpc) is 2.67. The number of halogens is 2. The standard InChI is InChI=1S/C20H21ClN2O3.ClH/c21-16-8-9-19(23-10-2-1-3-11-23)17(12-16)22-18(13-24)14-4-6-15(7-5-14)20(25)26;/h4-9,12-13,18,22H,1-3,10-11H2,(H,25,26);1H. The van der Waals surface area contributed by atoms with E-state index in [1.54, 1.807) is 12.1 Å². The van der Waals surface area contributed by atoms with Crippen molar-refractivity contribution in [2.24, 2.45) is 0 Å². The Labute approximate surface area is 169 Å². The van der Waals surface area contributed by atoms with E-state index in [0.717, 1.165) is 43.6 Å². The van der Waals surface area contributed by atoms with Crippen molar-refractivity contribution in [3.63, 3.8) is 0 Å². The molecule has 3 rings (SSSR count). The maximum absolute atomic E-state index is 11.7. The van der Waals surface area contributed by atoms with Crippen LogP contribution < -0.4 is 10.2 Å². The van der Waals surface area contributed by atoms with Crippen LogP contribution in [0.15, 0.2) is 42.5 Å². The molecule has 1 heterocycles. The Morgan fingerprint density at radius 3 is 2.37 bits per heavy atom. The van der Waals surface area contributed by atoms with E-state index in [1.165, 1.54) is 18.6 Å². The number of aromatic carboxylic acids is 1. The Morgan fingerprint density at radius 1 is 1.11 bits per heavy atom. The monoisotopic (exact) mass is 408 g/mol. The zero-order valence-corrected chi connectivity index (χ0v) is 16.3. The van der Waals surface area contributed by atoms with Crippen molar-refractivity contribution in [2.75, 3.05) is 23.3 Å². The minimum atomic E-state index is -0.991. The smallest absolute Gasteiger partial charge is 0.335 e. The van der Waals surface area contributed by atoms with Gasteiger partial charge in [0.15, 0.2) is 0 Å². The fourth-order valence-corrected chi connectivity index (χ4v) is 3.40. The molecule has 27 heavy (non-hydrogen) atoms. The molecule has 0 saturated carbocycles. The van der Waals surface area contributed by atoms with Gasteiger partial charge in [0.1, 0.15) is 12.3 Å². The number of rotatable bonds is 6. The largest absolute Gasteiger partial charge is 0.478 e. The first-order chi connectivity index (χ1) is 12.6. The van der Waals surface area contributed by atoms with Crippen LogP contribution in [-0.2, 0) is 4.79 Å². The van der Waals surface area contributed by atoms with E-state index in [-0.39, 0.29) is 18.0 Å². The van der Waals surface area contributed by atoms with Crippen LogP contribution in [0.2, 0.25) is 5.02 Å². The number of hydrogen-bond donors (Lipinski definition) is 2. The third-order valence-corrected chi connectivity index (χ3v) is 4.85. The van der Waals surface area contributed by atoms with Gasteiger partial charge in [-0.1, -0.05) is 23.7 Å². The number of benzene rings is 2. The third kappa shape index (κ3) is 5.15. The summed E-state index contributed by atoms with van der Waals surface area (Å²) in [6.07, 6.45) is 4.35. The topological polar surface area (TPSA) is 69.6 Å². The van der Waals surface area contributed by atoms with Gasteiger partial charge in [-0.2, -0.15) is 0 Å². The van der Waals surface area contributed by atoms with Gasteiger partial charge in [-0.15, -0.1) is 12.4 Å². The number of carboxylic acids is 1. The summed E-state index contributed by atoms with van der Waals surface area (Å²) in [5, 5.41) is 12.9. The van der Waals surface area contributed by atoms with Gasteiger partial charge in [0, 0.05) is 18.1 Å². The highest BCUT2D eigenvalue weighted by Crippen LogP contribution is 2.33. The van der Waals surface area contributed by atoms with Gasteiger partial charge in [0.05, 0.1) is 16.9 Å². The molecule has 1 aliphatic rings. The highest BCUT2D eigenvalue weighted by Gasteiger charge is 2.18. The Hall–Kier alpha value is -2.24. The van der Waals surface area contributed by atoms with Crippen LogP contribution in [0.25, 0.3) is 0 Å². The first-order valence-corrected chi connectivity index (χ1v) is 9.06. The van der Waals surface area contributed by atoms with Crippen LogP contribution in [0.1, 0.15) is 41.2 Å². The summed E-state index contributed by atoms with van der Waals surface area (Å²) in [5.74, 6) is -0.991. The molecule has 0 radical (unpaired) electrons. The number of hydrogen-bond acceptors (Lipinski definition) is 4. The van der Waals surface area contributed by atoms with Gasteiger partial charge in [0.2, 0.25) is 0 Å². The second-order valence-corrected chi connectivity index (χ2v) is 6.83. The second kappa shape index (κ2) is 9.62. The maximum Gasteiger partial charge on any atom is 0.335 e. The summed E-state index contributed by atoms with van der Waals surface area (Å²) in [6.45, 7) is 1.96.